The normalized spacial score (nSPS) is 17.0. The Kier molecular flexibility index (Phi) is 6.75. The molecule has 2 heterocycles. The van der Waals surface area contributed by atoms with Crippen LogP contribution in [-0.4, -0.2) is 53.0 Å². The van der Waals surface area contributed by atoms with Gasteiger partial charge in [-0.3, -0.25) is 9.69 Å². The van der Waals surface area contributed by atoms with Gasteiger partial charge in [0.2, 0.25) is 0 Å². The van der Waals surface area contributed by atoms with Crippen molar-refractivity contribution in [3.63, 3.8) is 0 Å². The zero-order valence-corrected chi connectivity index (χ0v) is 17.5. The van der Waals surface area contributed by atoms with Gasteiger partial charge in [-0.05, 0) is 56.6 Å². The summed E-state index contributed by atoms with van der Waals surface area (Å²) in [5.74, 6) is 0.695. The Bertz CT molecular complexity index is 870. The lowest BCUT2D eigenvalue weighted by molar-refractivity contribution is 0.0687. The maximum atomic E-state index is 13.2. The Labute approximate surface area is 172 Å². The third kappa shape index (κ3) is 4.88. The first-order chi connectivity index (χ1) is 13.9. The van der Waals surface area contributed by atoms with Gasteiger partial charge in [-0.2, -0.15) is 0 Å². The molecule has 1 amide bonds. The molecule has 1 saturated heterocycles. The van der Waals surface area contributed by atoms with Crippen LogP contribution in [0.25, 0.3) is 0 Å². The monoisotopic (exact) mass is 398 g/mol. The number of carboxylic acids is 1. The Morgan fingerprint density at radius 3 is 2.69 bits per heavy atom. The average Bonchev–Trinajstić information content (AvgIpc) is 3.11. The molecule has 0 aliphatic carbocycles. The van der Waals surface area contributed by atoms with E-state index in [4.69, 9.17) is 4.42 Å². The molecule has 156 valence electrons. The van der Waals surface area contributed by atoms with Crippen LogP contribution in [0.15, 0.2) is 34.7 Å². The lowest BCUT2D eigenvalue weighted by atomic mass is 9.89. The number of carbonyl (C=O) groups is 2. The molecule has 0 spiro atoms. The number of aryl methyl sites for hydroxylation is 1. The van der Waals surface area contributed by atoms with Crippen LogP contribution in [0.3, 0.4) is 0 Å². The molecule has 6 heteroatoms. The molecular formula is C23H30N2O4. The Hall–Kier alpha value is -2.60. The van der Waals surface area contributed by atoms with E-state index in [0.717, 1.165) is 37.3 Å². The second-order valence-corrected chi connectivity index (χ2v) is 7.66. The van der Waals surface area contributed by atoms with E-state index in [1.165, 1.54) is 0 Å². The minimum Gasteiger partial charge on any atom is -0.478 e. The topological polar surface area (TPSA) is 74.0 Å². The van der Waals surface area contributed by atoms with Gasteiger partial charge in [0.1, 0.15) is 11.5 Å². The average molecular weight is 399 g/mol. The third-order valence-corrected chi connectivity index (χ3v) is 5.79. The first kappa shape index (κ1) is 21.1. The van der Waals surface area contributed by atoms with Gasteiger partial charge in [0, 0.05) is 19.0 Å². The van der Waals surface area contributed by atoms with Crippen LogP contribution in [0.2, 0.25) is 0 Å². The standard InChI is InChI=1S/C23H30N2O4/c1-4-24(5-2)15-20-13-21(16(3)29-20)22(26)25-11-7-10-19(14-25)17-8-6-9-18(12-17)23(27)28/h6,8-9,12-13,19H,4-5,7,10-11,14-15H2,1-3H3,(H,27,28)/t19-/m0/s1. The van der Waals surface area contributed by atoms with Crippen molar-refractivity contribution in [2.45, 2.75) is 46.1 Å². The van der Waals surface area contributed by atoms with Crippen LogP contribution >= 0.6 is 0 Å². The number of benzene rings is 1. The number of carbonyl (C=O) groups excluding carboxylic acids is 1. The summed E-state index contributed by atoms with van der Waals surface area (Å²) in [4.78, 5) is 28.6. The number of piperidine rings is 1. The molecule has 0 saturated carbocycles. The fourth-order valence-electron chi connectivity index (χ4n) is 4.03. The molecule has 3 rings (SSSR count). The number of amides is 1. The van der Waals surface area contributed by atoms with Crippen molar-refractivity contribution in [3.8, 4) is 0 Å². The highest BCUT2D eigenvalue weighted by molar-refractivity contribution is 5.95. The first-order valence-electron chi connectivity index (χ1n) is 10.4. The summed E-state index contributed by atoms with van der Waals surface area (Å²) >= 11 is 0. The molecule has 0 radical (unpaired) electrons. The Morgan fingerprint density at radius 2 is 2.00 bits per heavy atom. The smallest absolute Gasteiger partial charge is 0.335 e. The lowest BCUT2D eigenvalue weighted by Crippen LogP contribution is -2.39. The van der Waals surface area contributed by atoms with Gasteiger partial charge < -0.3 is 14.4 Å². The number of hydrogen-bond acceptors (Lipinski definition) is 4. The van der Waals surface area contributed by atoms with Crippen molar-refractivity contribution in [1.29, 1.82) is 0 Å². The number of rotatable bonds is 7. The van der Waals surface area contributed by atoms with E-state index in [0.29, 0.717) is 31.0 Å². The van der Waals surface area contributed by atoms with Gasteiger partial charge in [0.25, 0.3) is 5.91 Å². The molecule has 29 heavy (non-hydrogen) atoms. The van der Waals surface area contributed by atoms with Crippen LogP contribution in [0.1, 0.15) is 70.4 Å². The maximum Gasteiger partial charge on any atom is 0.335 e. The molecule has 0 bridgehead atoms. The predicted molar refractivity (Wildman–Crippen MR) is 111 cm³/mol. The van der Waals surface area contributed by atoms with Gasteiger partial charge in [-0.15, -0.1) is 0 Å². The number of nitrogens with zero attached hydrogens (tertiary/aromatic N) is 2. The van der Waals surface area contributed by atoms with Gasteiger partial charge in [0.15, 0.2) is 0 Å². The summed E-state index contributed by atoms with van der Waals surface area (Å²) in [5, 5.41) is 9.25. The molecular weight excluding hydrogens is 368 g/mol. The fourth-order valence-corrected chi connectivity index (χ4v) is 4.03. The molecule has 6 nitrogen and oxygen atoms in total. The molecule has 1 aliphatic rings. The van der Waals surface area contributed by atoms with Gasteiger partial charge in [-0.25, -0.2) is 4.79 Å². The van der Waals surface area contributed by atoms with Crippen molar-refractivity contribution < 1.29 is 19.1 Å². The van der Waals surface area contributed by atoms with Crippen molar-refractivity contribution >= 4 is 11.9 Å². The molecule has 2 aromatic rings. The van der Waals surface area contributed by atoms with Crippen LogP contribution in [0, 0.1) is 6.92 Å². The number of furan rings is 1. The van der Waals surface area contributed by atoms with Crippen LogP contribution in [-0.2, 0) is 6.54 Å². The largest absolute Gasteiger partial charge is 0.478 e. The zero-order chi connectivity index (χ0) is 21.0. The minimum absolute atomic E-state index is 0.00358. The quantitative estimate of drug-likeness (QED) is 0.758. The van der Waals surface area contributed by atoms with Gasteiger partial charge in [-0.1, -0.05) is 26.0 Å². The predicted octanol–water partition coefficient (Wildman–Crippen LogP) is 4.15. The fraction of sp³-hybridized carbons (Fsp3) is 0.478. The minimum atomic E-state index is -0.926. The maximum absolute atomic E-state index is 13.2. The summed E-state index contributed by atoms with van der Waals surface area (Å²) in [6.45, 7) is 9.94. The highest BCUT2D eigenvalue weighted by atomic mass is 16.4. The van der Waals surface area contributed by atoms with Crippen LogP contribution < -0.4 is 0 Å². The van der Waals surface area contributed by atoms with E-state index in [1.807, 2.05) is 24.0 Å². The molecule has 1 N–H and O–H groups in total. The van der Waals surface area contributed by atoms with Crippen LogP contribution in [0.4, 0.5) is 0 Å². The number of hydrogen-bond donors (Lipinski definition) is 1. The van der Waals surface area contributed by atoms with Crippen molar-refractivity contribution in [2.75, 3.05) is 26.2 Å². The summed E-state index contributed by atoms with van der Waals surface area (Å²) in [7, 11) is 0. The highest BCUT2D eigenvalue weighted by Gasteiger charge is 2.28. The third-order valence-electron chi connectivity index (χ3n) is 5.79. The van der Waals surface area contributed by atoms with E-state index >= 15 is 0 Å². The van der Waals surface area contributed by atoms with E-state index in [1.54, 1.807) is 18.2 Å². The summed E-state index contributed by atoms with van der Waals surface area (Å²) in [6, 6.07) is 8.94. The van der Waals surface area contributed by atoms with E-state index in [-0.39, 0.29) is 17.4 Å². The summed E-state index contributed by atoms with van der Waals surface area (Å²) < 4.78 is 5.86. The number of carboxylic acid groups (broad SMARTS) is 1. The van der Waals surface area contributed by atoms with Crippen molar-refractivity contribution in [2.24, 2.45) is 0 Å². The molecule has 1 aromatic heterocycles. The van der Waals surface area contributed by atoms with Crippen LogP contribution in [0.5, 0.6) is 0 Å². The lowest BCUT2D eigenvalue weighted by Gasteiger charge is -2.33. The summed E-state index contributed by atoms with van der Waals surface area (Å²) in [6.07, 6.45) is 1.85. The zero-order valence-electron chi connectivity index (χ0n) is 17.5. The molecule has 1 atom stereocenters. The molecule has 0 unspecified atom stereocenters. The molecule has 1 aliphatic heterocycles. The summed E-state index contributed by atoms with van der Waals surface area (Å²) in [5.41, 5.74) is 1.90. The molecule has 1 aromatic carbocycles. The highest BCUT2D eigenvalue weighted by Crippen LogP contribution is 2.29. The van der Waals surface area contributed by atoms with Gasteiger partial charge >= 0.3 is 5.97 Å². The van der Waals surface area contributed by atoms with Crippen molar-refractivity contribution in [3.05, 3.63) is 58.5 Å². The second kappa shape index (κ2) is 9.27. The van der Waals surface area contributed by atoms with E-state index in [2.05, 4.69) is 18.7 Å². The van der Waals surface area contributed by atoms with E-state index in [9.17, 15) is 14.7 Å². The first-order valence-corrected chi connectivity index (χ1v) is 10.4. The Balaban J connectivity index is 1.74. The van der Waals surface area contributed by atoms with E-state index < -0.39 is 5.97 Å². The van der Waals surface area contributed by atoms with Crippen molar-refractivity contribution in [1.82, 2.24) is 9.80 Å². The second-order valence-electron chi connectivity index (χ2n) is 7.66. The number of likely N-dealkylation sites (tertiary alicyclic amines) is 1. The van der Waals surface area contributed by atoms with Gasteiger partial charge in [0.05, 0.1) is 17.7 Å². The number of aromatic carboxylic acids is 1. The molecule has 1 fully saturated rings. The Morgan fingerprint density at radius 1 is 1.24 bits per heavy atom. The SMILES string of the molecule is CCN(CC)Cc1cc(C(=O)N2CCC[C@H](c3cccc(C(=O)O)c3)C2)c(C)o1.